The molecule has 0 heterocycles. The van der Waals surface area contributed by atoms with Crippen molar-refractivity contribution < 1.29 is 14.6 Å². The molecule has 1 saturated carbocycles. The van der Waals surface area contributed by atoms with E-state index in [0.29, 0.717) is 13.0 Å². The highest BCUT2D eigenvalue weighted by Gasteiger charge is 2.33. The molecule has 1 amide bonds. The van der Waals surface area contributed by atoms with Crippen molar-refractivity contribution in [2.24, 2.45) is 0 Å². The Morgan fingerprint density at radius 2 is 2.06 bits per heavy atom. The van der Waals surface area contributed by atoms with Crippen LogP contribution in [-0.2, 0) is 9.53 Å². The summed E-state index contributed by atoms with van der Waals surface area (Å²) in [5.74, 6) is 0.0919. The first-order valence-corrected chi connectivity index (χ1v) is 6.46. The minimum Gasteiger partial charge on any atom is -0.388 e. The Morgan fingerprint density at radius 1 is 1.47 bits per heavy atom. The van der Waals surface area contributed by atoms with E-state index in [-0.39, 0.29) is 12.0 Å². The Morgan fingerprint density at radius 3 is 2.59 bits per heavy atom. The summed E-state index contributed by atoms with van der Waals surface area (Å²) in [6.07, 6.45) is 5.11. The van der Waals surface area contributed by atoms with Gasteiger partial charge in [-0.1, -0.05) is 12.8 Å². The van der Waals surface area contributed by atoms with Crippen molar-refractivity contribution in [1.82, 2.24) is 4.90 Å². The summed E-state index contributed by atoms with van der Waals surface area (Å²) in [7, 11) is 3.43. The lowest BCUT2D eigenvalue weighted by atomic mass is 10.0. The molecule has 4 nitrogen and oxygen atoms in total. The van der Waals surface area contributed by atoms with Crippen LogP contribution in [0.3, 0.4) is 0 Å². The van der Waals surface area contributed by atoms with Crippen molar-refractivity contribution in [2.45, 2.75) is 57.2 Å². The normalized spacial score (nSPS) is 20.2. The molecular formula is C13H25NO3. The third kappa shape index (κ3) is 4.64. The fourth-order valence-electron chi connectivity index (χ4n) is 2.36. The summed E-state index contributed by atoms with van der Waals surface area (Å²) in [6.45, 7) is 2.42. The monoisotopic (exact) mass is 243 g/mol. The van der Waals surface area contributed by atoms with E-state index in [9.17, 15) is 9.90 Å². The molecule has 1 atom stereocenters. The van der Waals surface area contributed by atoms with E-state index < -0.39 is 5.60 Å². The summed E-state index contributed by atoms with van der Waals surface area (Å²) in [6, 6.07) is 0. The Bertz CT molecular complexity index is 249. The summed E-state index contributed by atoms with van der Waals surface area (Å²) in [5, 5.41) is 10.2. The SMILES string of the molecule is COC(C)CCC(=O)N(C)CC1(O)CCCC1. The van der Waals surface area contributed by atoms with Crippen molar-refractivity contribution in [2.75, 3.05) is 20.7 Å². The van der Waals surface area contributed by atoms with E-state index in [2.05, 4.69) is 0 Å². The first-order chi connectivity index (χ1) is 7.97. The number of aliphatic hydroxyl groups is 1. The van der Waals surface area contributed by atoms with Crippen LogP contribution in [0.5, 0.6) is 0 Å². The average Bonchev–Trinajstić information content (AvgIpc) is 2.71. The Labute approximate surface area is 104 Å². The van der Waals surface area contributed by atoms with Crippen LogP contribution in [0.2, 0.25) is 0 Å². The van der Waals surface area contributed by atoms with Gasteiger partial charge in [0.15, 0.2) is 0 Å². The topological polar surface area (TPSA) is 49.8 Å². The van der Waals surface area contributed by atoms with Crippen LogP contribution in [0.1, 0.15) is 45.4 Å². The lowest BCUT2D eigenvalue weighted by Crippen LogP contribution is -2.42. The molecule has 0 aliphatic heterocycles. The van der Waals surface area contributed by atoms with E-state index in [1.807, 2.05) is 6.92 Å². The van der Waals surface area contributed by atoms with Gasteiger partial charge in [0.05, 0.1) is 11.7 Å². The van der Waals surface area contributed by atoms with Crippen molar-refractivity contribution in [3.05, 3.63) is 0 Å². The van der Waals surface area contributed by atoms with E-state index in [1.54, 1.807) is 19.1 Å². The smallest absolute Gasteiger partial charge is 0.222 e. The molecule has 1 unspecified atom stereocenters. The third-order valence-corrected chi connectivity index (χ3v) is 3.66. The molecule has 0 aromatic carbocycles. The molecule has 4 heteroatoms. The summed E-state index contributed by atoms with van der Waals surface area (Å²) < 4.78 is 5.11. The van der Waals surface area contributed by atoms with Crippen LogP contribution in [-0.4, -0.2) is 48.3 Å². The minimum atomic E-state index is -0.642. The van der Waals surface area contributed by atoms with E-state index >= 15 is 0 Å². The molecule has 0 aromatic rings. The number of nitrogens with zero attached hydrogens (tertiary/aromatic N) is 1. The number of ether oxygens (including phenoxy) is 1. The number of amides is 1. The average molecular weight is 243 g/mol. The standard InChI is InChI=1S/C13H25NO3/c1-11(17-3)6-7-12(15)14(2)10-13(16)8-4-5-9-13/h11,16H,4-10H2,1-3H3. The molecule has 0 saturated heterocycles. The Balaban J connectivity index is 2.31. The number of likely N-dealkylation sites (N-methyl/N-ethyl adjacent to an activating group) is 1. The highest BCUT2D eigenvalue weighted by atomic mass is 16.5. The van der Waals surface area contributed by atoms with Crippen LogP contribution < -0.4 is 0 Å². The van der Waals surface area contributed by atoms with Crippen LogP contribution in [0, 0.1) is 0 Å². The highest BCUT2D eigenvalue weighted by Crippen LogP contribution is 2.30. The minimum absolute atomic E-state index is 0.0919. The zero-order chi connectivity index (χ0) is 12.9. The van der Waals surface area contributed by atoms with Crippen molar-refractivity contribution >= 4 is 5.91 Å². The van der Waals surface area contributed by atoms with Gasteiger partial charge in [-0.25, -0.2) is 0 Å². The van der Waals surface area contributed by atoms with Gasteiger partial charge in [0.1, 0.15) is 0 Å². The fraction of sp³-hybridized carbons (Fsp3) is 0.923. The van der Waals surface area contributed by atoms with Gasteiger partial charge in [-0.2, -0.15) is 0 Å². The maximum atomic E-state index is 11.9. The molecule has 0 bridgehead atoms. The lowest BCUT2D eigenvalue weighted by molar-refractivity contribution is -0.133. The second kappa shape index (κ2) is 6.36. The van der Waals surface area contributed by atoms with Crippen molar-refractivity contribution in [3.63, 3.8) is 0 Å². The number of methoxy groups -OCH3 is 1. The first-order valence-electron chi connectivity index (χ1n) is 6.46. The molecule has 1 aliphatic rings. The van der Waals surface area contributed by atoms with Crippen molar-refractivity contribution in [3.8, 4) is 0 Å². The van der Waals surface area contributed by atoms with Gasteiger partial charge in [-0.05, 0) is 26.2 Å². The molecular weight excluding hydrogens is 218 g/mol. The summed E-state index contributed by atoms with van der Waals surface area (Å²) in [4.78, 5) is 13.5. The van der Waals surface area contributed by atoms with Gasteiger partial charge in [-0.15, -0.1) is 0 Å². The van der Waals surface area contributed by atoms with E-state index in [4.69, 9.17) is 4.74 Å². The fourth-order valence-corrected chi connectivity index (χ4v) is 2.36. The first kappa shape index (κ1) is 14.5. The van der Waals surface area contributed by atoms with E-state index in [1.165, 1.54) is 0 Å². The number of carbonyl (C=O) groups is 1. The molecule has 1 N–H and O–H groups in total. The van der Waals surface area contributed by atoms with Gasteiger partial charge in [0.2, 0.25) is 5.91 Å². The number of hydrogen-bond acceptors (Lipinski definition) is 3. The number of rotatable bonds is 6. The lowest BCUT2D eigenvalue weighted by Gasteiger charge is -2.28. The molecule has 17 heavy (non-hydrogen) atoms. The van der Waals surface area contributed by atoms with Crippen molar-refractivity contribution in [1.29, 1.82) is 0 Å². The summed E-state index contributed by atoms with van der Waals surface area (Å²) in [5.41, 5.74) is -0.642. The van der Waals surface area contributed by atoms with Crippen LogP contribution in [0.4, 0.5) is 0 Å². The molecule has 100 valence electrons. The quantitative estimate of drug-likeness (QED) is 0.770. The predicted octanol–water partition coefficient (Wildman–Crippen LogP) is 1.56. The maximum Gasteiger partial charge on any atom is 0.222 e. The second-order valence-corrected chi connectivity index (χ2v) is 5.27. The van der Waals surface area contributed by atoms with Crippen LogP contribution in [0.25, 0.3) is 0 Å². The molecule has 0 aromatic heterocycles. The van der Waals surface area contributed by atoms with E-state index in [0.717, 1.165) is 32.1 Å². The Kier molecular flexibility index (Phi) is 5.40. The number of hydrogen-bond donors (Lipinski definition) is 1. The molecule has 0 spiro atoms. The molecule has 1 rings (SSSR count). The zero-order valence-electron chi connectivity index (χ0n) is 11.2. The van der Waals surface area contributed by atoms with Crippen LogP contribution >= 0.6 is 0 Å². The predicted molar refractivity (Wildman–Crippen MR) is 66.8 cm³/mol. The van der Waals surface area contributed by atoms with Gasteiger partial charge >= 0.3 is 0 Å². The highest BCUT2D eigenvalue weighted by molar-refractivity contribution is 5.75. The van der Waals surface area contributed by atoms with Gasteiger partial charge in [-0.3, -0.25) is 4.79 Å². The van der Waals surface area contributed by atoms with Gasteiger partial charge in [0.25, 0.3) is 0 Å². The molecule has 1 aliphatic carbocycles. The van der Waals surface area contributed by atoms with Gasteiger partial charge in [0, 0.05) is 27.1 Å². The largest absolute Gasteiger partial charge is 0.388 e. The second-order valence-electron chi connectivity index (χ2n) is 5.27. The van der Waals surface area contributed by atoms with Gasteiger partial charge < -0.3 is 14.7 Å². The molecule has 1 fully saturated rings. The maximum absolute atomic E-state index is 11.9. The zero-order valence-corrected chi connectivity index (χ0v) is 11.2. The third-order valence-electron chi connectivity index (χ3n) is 3.66. The van der Waals surface area contributed by atoms with Crippen LogP contribution in [0.15, 0.2) is 0 Å². The number of carbonyl (C=O) groups excluding carboxylic acids is 1. The molecule has 0 radical (unpaired) electrons. The summed E-state index contributed by atoms with van der Waals surface area (Å²) >= 11 is 0. The Hall–Kier alpha value is -0.610.